The Hall–Kier alpha value is -2.79. The number of hydrogen-bond acceptors (Lipinski definition) is 5. The maximum Gasteiger partial charge on any atom is 0.363 e. The van der Waals surface area contributed by atoms with E-state index in [0.29, 0.717) is 28.7 Å². The number of methoxy groups -OCH3 is 1. The predicted molar refractivity (Wildman–Crippen MR) is 96.2 cm³/mol. The van der Waals surface area contributed by atoms with Gasteiger partial charge in [0.15, 0.2) is 5.70 Å². The lowest BCUT2D eigenvalue weighted by Crippen LogP contribution is -2.06. The number of nitrogens with zero attached hydrogens (tertiary/aromatic N) is 1. The summed E-state index contributed by atoms with van der Waals surface area (Å²) in [6, 6.07) is 12.5. The molecule has 2 aromatic carbocycles. The highest BCUT2D eigenvalue weighted by atomic mass is 35.5. The number of cyclic esters (lactones) is 1. The molecule has 6 heteroatoms. The molecule has 0 bridgehead atoms. The van der Waals surface area contributed by atoms with Gasteiger partial charge in [-0.1, -0.05) is 29.8 Å². The summed E-state index contributed by atoms with van der Waals surface area (Å²) in [5.41, 5.74) is 1.47. The topological polar surface area (TPSA) is 57.1 Å². The van der Waals surface area contributed by atoms with Crippen LogP contribution in [-0.2, 0) is 9.53 Å². The Morgan fingerprint density at radius 1 is 1.24 bits per heavy atom. The van der Waals surface area contributed by atoms with E-state index in [1.165, 1.54) is 0 Å². The number of rotatable bonds is 5. The van der Waals surface area contributed by atoms with Crippen molar-refractivity contribution in [2.75, 3.05) is 13.7 Å². The summed E-state index contributed by atoms with van der Waals surface area (Å²) in [5.74, 6) is 0.919. The molecule has 1 aliphatic heterocycles. The summed E-state index contributed by atoms with van der Waals surface area (Å²) in [7, 11) is 1.55. The van der Waals surface area contributed by atoms with Crippen LogP contribution in [0.4, 0.5) is 0 Å². The second-order valence-electron chi connectivity index (χ2n) is 5.15. The summed E-state index contributed by atoms with van der Waals surface area (Å²) in [5, 5.41) is 0.391. The van der Waals surface area contributed by atoms with Gasteiger partial charge < -0.3 is 14.2 Å². The zero-order valence-corrected chi connectivity index (χ0v) is 14.5. The van der Waals surface area contributed by atoms with Gasteiger partial charge in [0.2, 0.25) is 5.90 Å². The molecule has 0 fully saturated rings. The number of aliphatic imine (C=N–C) groups is 1. The molecule has 0 aliphatic carbocycles. The number of carbonyl (C=O) groups excluding carboxylic acids is 1. The number of halogens is 1. The summed E-state index contributed by atoms with van der Waals surface area (Å²) in [6.07, 6.45) is 1.64. The molecule has 0 aromatic heterocycles. The van der Waals surface area contributed by atoms with Gasteiger partial charge in [0.05, 0.1) is 24.3 Å². The van der Waals surface area contributed by atoms with Crippen molar-refractivity contribution in [3.63, 3.8) is 0 Å². The third-order valence-corrected chi connectivity index (χ3v) is 3.85. The first kappa shape index (κ1) is 17.0. The van der Waals surface area contributed by atoms with Crippen LogP contribution in [0.15, 0.2) is 53.2 Å². The summed E-state index contributed by atoms with van der Waals surface area (Å²) < 4.78 is 15.9. The van der Waals surface area contributed by atoms with E-state index in [9.17, 15) is 4.79 Å². The van der Waals surface area contributed by atoms with Gasteiger partial charge in [-0.05, 0) is 37.3 Å². The van der Waals surface area contributed by atoms with E-state index in [-0.39, 0.29) is 11.6 Å². The molecular formula is C19H16ClNO4. The van der Waals surface area contributed by atoms with Crippen LogP contribution in [0, 0.1) is 0 Å². The van der Waals surface area contributed by atoms with Crippen LogP contribution in [-0.4, -0.2) is 25.6 Å². The minimum absolute atomic E-state index is 0.165. The van der Waals surface area contributed by atoms with Crippen LogP contribution in [0.25, 0.3) is 6.08 Å². The van der Waals surface area contributed by atoms with Crippen molar-refractivity contribution in [2.45, 2.75) is 6.92 Å². The zero-order valence-electron chi connectivity index (χ0n) is 13.8. The average molecular weight is 358 g/mol. The van der Waals surface area contributed by atoms with Crippen molar-refractivity contribution in [1.29, 1.82) is 0 Å². The molecular weight excluding hydrogens is 342 g/mol. The minimum atomic E-state index is -0.534. The van der Waals surface area contributed by atoms with Gasteiger partial charge in [0.25, 0.3) is 0 Å². The maximum atomic E-state index is 12.2. The van der Waals surface area contributed by atoms with Crippen LogP contribution in [0.1, 0.15) is 18.1 Å². The van der Waals surface area contributed by atoms with Crippen molar-refractivity contribution in [3.8, 4) is 11.5 Å². The fraction of sp³-hybridized carbons (Fsp3) is 0.158. The lowest BCUT2D eigenvalue weighted by atomic mass is 10.1. The van der Waals surface area contributed by atoms with Gasteiger partial charge in [0, 0.05) is 5.56 Å². The smallest absolute Gasteiger partial charge is 0.363 e. The Labute approximate surface area is 150 Å². The SMILES string of the molecule is CCOc1ccccc1/C=C1\N=C(c2ccc(OC)cc2Cl)OC1=O. The molecule has 1 aliphatic rings. The van der Waals surface area contributed by atoms with Crippen molar-refractivity contribution >= 4 is 29.5 Å². The molecule has 0 atom stereocenters. The summed E-state index contributed by atoms with van der Waals surface area (Å²) >= 11 is 6.22. The van der Waals surface area contributed by atoms with E-state index in [1.807, 2.05) is 31.2 Å². The van der Waals surface area contributed by atoms with Crippen molar-refractivity contribution in [3.05, 3.63) is 64.3 Å². The van der Waals surface area contributed by atoms with Crippen molar-refractivity contribution < 1.29 is 19.0 Å². The first-order valence-electron chi connectivity index (χ1n) is 7.70. The fourth-order valence-corrected chi connectivity index (χ4v) is 2.61. The number of hydrogen-bond donors (Lipinski definition) is 0. The Morgan fingerprint density at radius 2 is 2.04 bits per heavy atom. The average Bonchev–Trinajstić information content (AvgIpc) is 2.97. The maximum absolute atomic E-state index is 12.2. The third kappa shape index (κ3) is 3.67. The molecule has 2 aromatic rings. The first-order valence-corrected chi connectivity index (χ1v) is 8.08. The van der Waals surface area contributed by atoms with Gasteiger partial charge in [-0.2, -0.15) is 0 Å². The number of benzene rings is 2. The molecule has 5 nitrogen and oxygen atoms in total. The third-order valence-electron chi connectivity index (χ3n) is 3.54. The number of ether oxygens (including phenoxy) is 3. The van der Waals surface area contributed by atoms with Crippen LogP contribution in [0.2, 0.25) is 5.02 Å². The zero-order chi connectivity index (χ0) is 17.8. The van der Waals surface area contributed by atoms with E-state index >= 15 is 0 Å². The molecule has 0 unspecified atom stereocenters. The van der Waals surface area contributed by atoms with Crippen LogP contribution >= 0.6 is 11.6 Å². The second-order valence-corrected chi connectivity index (χ2v) is 5.56. The Balaban J connectivity index is 1.96. The van der Waals surface area contributed by atoms with Crippen LogP contribution in [0.3, 0.4) is 0 Å². The summed E-state index contributed by atoms with van der Waals surface area (Å²) in [6.45, 7) is 2.43. The number of carbonyl (C=O) groups is 1. The van der Waals surface area contributed by atoms with Gasteiger partial charge in [-0.3, -0.25) is 0 Å². The highest BCUT2D eigenvalue weighted by Gasteiger charge is 2.26. The standard InChI is InChI=1S/C19H16ClNO4/c1-3-24-17-7-5-4-6-12(17)10-16-19(22)25-18(21-16)14-9-8-13(23-2)11-15(14)20/h4-11H,3H2,1-2H3/b16-10-. The van der Waals surface area contributed by atoms with Crippen molar-refractivity contribution in [2.24, 2.45) is 4.99 Å². The molecule has 0 saturated heterocycles. The largest absolute Gasteiger partial charge is 0.497 e. The fourth-order valence-electron chi connectivity index (χ4n) is 2.35. The predicted octanol–water partition coefficient (Wildman–Crippen LogP) is 4.09. The molecule has 25 heavy (non-hydrogen) atoms. The number of esters is 1. The van der Waals surface area contributed by atoms with E-state index in [2.05, 4.69) is 4.99 Å². The highest BCUT2D eigenvalue weighted by molar-refractivity contribution is 6.34. The van der Waals surface area contributed by atoms with Gasteiger partial charge in [-0.25, -0.2) is 9.79 Å². The van der Waals surface area contributed by atoms with Gasteiger partial charge >= 0.3 is 5.97 Å². The van der Waals surface area contributed by atoms with Crippen LogP contribution in [0.5, 0.6) is 11.5 Å². The van der Waals surface area contributed by atoms with Crippen LogP contribution < -0.4 is 9.47 Å². The molecule has 1 heterocycles. The van der Waals surface area contributed by atoms with E-state index < -0.39 is 5.97 Å². The normalized spacial score (nSPS) is 15.1. The molecule has 0 radical (unpaired) electrons. The molecule has 0 spiro atoms. The second kappa shape index (κ2) is 7.40. The Bertz CT molecular complexity index is 873. The molecule has 128 valence electrons. The lowest BCUT2D eigenvalue weighted by molar-refractivity contribution is -0.129. The molecule has 3 rings (SSSR count). The van der Waals surface area contributed by atoms with E-state index in [0.717, 1.165) is 5.56 Å². The van der Waals surface area contributed by atoms with Gasteiger partial charge in [-0.15, -0.1) is 0 Å². The quantitative estimate of drug-likeness (QED) is 0.597. The van der Waals surface area contributed by atoms with E-state index in [1.54, 1.807) is 31.4 Å². The Morgan fingerprint density at radius 3 is 2.76 bits per heavy atom. The van der Waals surface area contributed by atoms with E-state index in [4.69, 9.17) is 25.8 Å². The molecule has 0 N–H and O–H groups in total. The highest BCUT2D eigenvalue weighted by Crippen LogP contribution is 2.28. The Kier molecular flexibility index (Phi) is 5.05. The lowest BCUT2D eigenvalue weighted by Gasteiger charge is -2.06. The first-order chi connectivity index (χ1) is 12.1. The molecule has 0 amide bonds. The monoisotopic (exact) mass is 357 g/mol. The molecule has 0 saturated carbocycles. The minimum Gasteiger partial charge on any atom is -0.497 e. The number of para-hydroxylation sites is 1. The van der Waals surface area contributed by atoms with Gasteiger partial charge in [0.1, 0.15) is 11.5 Å². The van der Waals surface area contributed by atoms with Crippen molar-refractivity contribution in [1.82, 2.24) is 0 Å². The summed E-state index contributed by atoms with van der Waals surface area (Å²) in [4.78, 5) is 16.4.